The molecule has 0 bridgehead atoms. The number of benzene rings is 1. The summed E-state index contributed by atoms with van der Waals surface area (Å²) in [5.41, 5.74) is 5.96. The Morgan fingerprint density at radius 2 is 2.10 bits per heavy atom. The molecule has 0 spiro atoms. The van der Waals surface area contributed by atoms with Crippen LogP contribution in [0.25, 0.3) is 0 Å². The van der Waals surface area contributed by atoms with Gasteiger partial charge in [0, 0.05) is 29.7 Å². The third-order valence-corrected chi connectivity index (χ3v) is 6.67. The van der Waals surface area contributed by atoms with Crippen LogP contribution < -0.4 is 5.73 Å². The van der Waals surface area contributed by atoms with Gasteiger partial charge in [0.1, 0.15) is 16.5 Å². The molecule has 118 valence electrons. The highest BCUT2D eigenvalue weighted by Crippen LogP contribution is 2.31. The van der Waals surface area contributed by atoms with Gasteiger partial charge < -0.3 is 5.73 Å². The average Bonchev–Trinajstić information content (AvgIpc) is 2.37. The molecule has 1 aliphatic rings. The molecule has 4 nitrogen and oxygen atoms in total. The topological polar surface area (TPSA) is 63.4 Å². The summed E-state index contributed by atoms with van der Waals surface area (Å²) >= 11 is 2.93. The molecule has 2 rings (SSSR count). The summed E-state index contributed by atoms with van der Waals surface area (Å²) in [6, 6.07) is 1.47. The van der Waals surface area contributed by atoms with Crippen molar-refractivity contribution in [3.8, 4) is 0 Å². The minimum absolute atomic E-state index is 0.0378. The largest absolute Gasteiger partial charge is 0.327 e. The maximum Gasteiger partial charge on any atom is 0.247 e. The Kier molecular flexibility index (Phi) is 5.02. The Labute approximate surface area is 131 Å². The summed E-state index contributed by atoms with van der Waals surface area (Å²) in [5, 5.41) is 0. The van der Waals surface area contributed by atoms with Gasteiger partial charge >= 0.3 is 0 Å². The maximum absolute atomic E-state index is 13.9. The second kappa shape index (κ2) is 6.28. The Hall–Kier alpha value is -0.570. The molecule has 21 heavy (non-hydrogen) atoms. The van der Waals surface area contributed by atoms with E-state index < -0.39 is 26.6 Å². The van der Waals surface area contributed by atoms with Crippen molar-refractivity contribution in [1.29, 1.82) is 0 Å². The van der Waals surface area contributed by atoms with Gasteiger partial charge in [-0.2, -0.15) is 4.31 Å². The van der Waals surface area contributed by atoms with Crippen molar-refractivity contribution in [3.05, 3.63) is 28.2 Å². The maximum atomic E-state index is 13.9. The first-order valence-corrected chi connectivity index (χ1v) is 8.91. The third kappa shape index (κ3) is 3.28. The van der Waals surface area contributed by atoms with Crippen LogP contribution in [0.5, 0.6) is 0 Å². The number of sulfonamides is 1. The first kappa shape index (κ1) is 16.8. The van der Waals surface area contributed by atoms with Gasteiger partial charge in [-0.25, -0.2) is 17.2 Å². The van der Waals surface area contributed by atoms with Gasteiger partial charge in [0.25, 0.3) is 0 Å². The number of nitrogens with zero attached hydrogens (tertiary/aromatic N) is 1. The number of hydrogen-bond donors (Lipinski definition) is 1. The number of nitrogens with two attached hydrogens (primary N) is 1. The summed E-state index contributed by atoms with van der Waals surface area (Å²) < 4.78 is 53.4. The SMILES string of the molecule is CCC1CN(S(=O)(=O)c2c(F)cc(F)cc2Br)CCC1N. The number of piperidine rings is 1. The number of rotatable bonds is 3. The smallest absolute Gasteiger partial charge is 0.247 e. The molecule has 2 atom stereocenters. The Morgan fingerprint density at radius 3 is 2.67 bits per heavy atom. The van der Waals surface area contributed by atoms with Crippen LogP contribution in [0.3, 0.4) is 0 Å². The fourth-order valence-electron chi connectivity index (χ4n) is 2.57. The predicted octanol–water partition coefficient (Wildman–Crippen LogP) is 2.48. The van der Waals surface area contributed by atoms with Gasteiger partial charge in [0.2, 0.25) is 10.0 Å². The van der Waals surface area contributed by atoms with E-state index in [1.165, 1.54) is 4.31 Å². The van der Waals surface area contributed by atoms with Gasteiger partial charge in [-0.15, -0.1) is 0 Å². The van der Waals surface area contributed by atoms with E-state index in [4.69, 9.17) is 5.73 Å². The molecule has 0 saturated carbocycles. The summed E-state index contributed by atoms with van der Waals surface area (Å²) in [6.45, 7) is 2.43. The summed E-state index contributed by atoms with van der Waals surface area (Å²) in [4.78, 5) is -0.519. The number of halogens is 3. The fraction of sp³-hybridized carbons (Fsp3) is 0.538. The zero-order valence-electron chi connectivity index (χ0n) is 11.5. The van der Waals surface area contributed by atoms with E-state index in [0.29, 0.717) is 12.5 Å². The second-order valence-electron chi connectivity index (χ2n) is 5.18. The van der Waals surface area contributed by atoms with Crippen LogP contribution in [0.4, 0.5) is 8.78 Å². The van der Waals surface area contributed by atoms with E-state index in [-0.39, 0.29) is 29.5 Å². The molecule has 2 unspecified atom stereocenters. The van der Waals surface area contributed by atoms with Crippen molar-refractivity contribution in [2.24, 2.45) is 11.7 Å². The Morgan fingerprint density at radius 1 is 1.43 bits per heavy atom. The average molecular weight is 383 g/mol. The van der Waals surface area contributed by atoms with E-state index in [0.717, 1.165) is 12.5 Å². The van der Waals surface area contributed by atoms with Crippen molar-refractivity contribution in [2.75, 3.05) is 13.1 Å². The van der Waals surface area contributed by atoms with Crippen molar-refractivity contribution in [1.82, 2.24) is 4.31 Å². The molecule has 1 heterocycles. The molecule has 1 aromatic rings. The molecule has 1 saturated heterocycles. The summed E-state index contributed by atoms with van der Waals surface area (Å²) in [5.74, 6) is -1.88. The monoisotopic (exact) mass is 382 g/mol. The minimum Gasteiger partial charge on any atom is -0.327 e. The minimum atomic E-state index is -4.02. The zero-order valence-corrected chi connectivity index (χ0v) is 13.9. The molecule has 1 aliphatic heterocycles. The Bertz CT molecular complexity index is 616. The van der Waals surface area contributed by atoms with Crippen LogP contribution in [-0.2, 0) is 10.0 Å². The van der Waals surface area contributed by atoms with Gasteiger partial charge in [0.15, 0.2) is 0 Å². The lowest BCUT2D eigenvalue weighted by Gasteiger charge is -2.35. The van der Waals surface area contributed by atoms with Crippen LogP contribution in [0.1, 0.15) is 19.8 Å². The first-order chi connectivity index (χ1) is 9.77. The van der Waals surface area contributed by atoms with Gasteiger partial charge in [-0.1, -0.05) is 13.3 Å². The quantitative estimate of drug-likeness (QED) is 0.873. The van der Waals surface area contributed by atoms with Crippen LogP contribution in [0.15, 0.2) is 21.5 Å². The van der Waals surface area contributed by atoms with Gasteiger partial charge in [0.05, 0.1) is 0 Å². The molecular weight excluding hydrogens is 366 g/mol. The third-order valence-electron chi connectivity index (χ3n) is 3.84. The molecule has 0 aromatic heterocycles. The Balaban J connectivity index is 2.39. The van der Waals surface area contributed by atoms with Crippen LogP contribution in [-0.4, -0.2) is 31.9 Å². The normalized spacial score (nSPS) is 24.2. The van der Waals surface area contributed by atoms with E-state index in [1.807, 2.05) is 6.92 Å². The molecule has 0 radical (unpaired) electrons. The summed E-state index contributed by atoms with van der Waals surface area (Å²) in [7, 11) is -4.02. The molecule has 0 aliphatic carbocycles. The van der Waals surface area contributed by atoms with Gasteiger partial charge in [-0.05, 0) is 34.3 Å². The van der Waals surface area contributed by atoms with Crippen molar-refractivity contribution in [3.63, 3.8) is 0 Å². The fourth-order valence-corrected chi connectivity index (χ4v) is 5.20. The molecule has 1 fully saturated rings. The van der Waals surface area contributed by atoms with Crippen molar-refractivity contribution >= 4 is 26.0 Å². The van der Waals surface area contributed by atoms with Crippen molar-refractivity contribution in [2.45, 2.75) is 30.7 Å². The highest BCUT2D eigenvalue weighted by atomic mass is 79.9. The van der Waals surface area contributed by atoms with Crippen LogP contribution in [0.2, 0.25) is 0 Å². The lowest BCUT2D eigenvalue weighted by Crippen LogP contribution is -2.49. The molecule has 2 N–H and O–H groups in total. The van der Waals surface area contributed by atoms with Crippen LogP contribution in [0, 0.1) is 17.6 Å². The molecule has 8 heteroatoms. The van der Waals surface area contributed by atoms with E-state index in [9.17, 15) is 17.2 Å². The molecular formula is C13H17BrF2N2O2S. The lowest BCUT2D eigenvalue weighted by molar-refractivity contribution is 0.230. The highest BCUT2D eigenvalue weighted by molar-refractivity contribution is 9.10. The van der Waals surface area contributed by atoms with Crippen LogP contribution >= 0.6 is 15.9 Å². The van der Waals surface area contributed by atoms with E-state index in [2.05, 4.69) is 15.9 Å². The summed E-state index contributed by atoms with van der Waals surface area (Å²) in [6.07, 6.45) is 1.28. The van der Waals surface area contributed by atoms with E-state index in [1.54, 1.807) is 0 Å². The zero-order chi connectivity index (χ0) is 15.8. The highest BCUT2D eigenvalue weighted by Gasteiger charge is 2.36. The number of hydrogen-bond acceptors (Lipinski definition) is 3. The lowest BCUT2D eigenvalue weighted by atomic mass is 9.92. The van der Waals surface area contributed by atoms with Crippen molar-refractivity contribution < 1.29 is 17.2 Å². The first-order valence-electron chi connectivity index (χ1n) is 6.67. The van der Waals surface area contributed by atoms with E-state index >= 15 is 0 Å². The second-order valence-corrected chi connectivity index (χ2v) is 7.91. The molecule has 0 amide bonds. The predicted molar refractivity (Wildman–Crippen MR) is 79.2 cm³/mol. The van der Waals surface area contributed by atoms with Gasteiger partial charge in [-0.3, -0.25) is 0 Å². The standard InChI is InChI=1S/C13H17BrF2N2O2S/c1-2-8-7-18(4-3-12(8)17)21(19,20)13-10(14)5-9(15)6-11(13)16/h5-6,8,12H,2-4,7,17H2,1H3. The molecule has 1 aromatic carbocycles.